The maximum Gasteiger partial charge on any atom is 0.325 e. The number of phenols is 2. The molecule has 1 aliphatic rings. The Balaban J connectivity index is 2.34. The van der Waals surface area contributed by atoms with E-state index in [1.165, 1.54) is 6.07 Å². The minimum atomic E-state index is -1.07. The van der Waals surface area contributed by atoms with Gasteiger partial charge in [0.1, 0.15) is 6.04 Å². The fourth-order valence-corrected chi connectivity index (χ4v) is 1.76. The summed E-state index contributed by atoms with van der Waals surface area (Å²) < 4.78 is 0. The van der Waals surface area contributed by atoms with Crippen molar-refractivity contribution in [2.24, 2.45) is 5.73 Å². The molecule has 1 unspecified atom stereocenters. The zero-order valence-electron chi connectivity index (χ0n) is 9.66. The van der Waals surface area contributed by atoms with Crippen LogP contribution in [0.25, 0.3) is 0 Å². The number of imide groups is 1. The van der Waals surface area contributed by atoms with Gasteiger partial charge in [0.05, 0.1) is 0 Å². The first-order valence-electron chi connectivity index (χ1n) is 5.34. The van der Waals surface area contributed by atoms with E-state index < -0.39 is 35.4 Å². The first-order valence-corrected chi connectivity index (χ1v) is 5.34. The van der Waals surface area contributed by atoms with Crippen LogP contribution in [0.2, 0.25) is 0 Å². The summed E-state index contributed by atoms with van der Waals surface area (Å²) in [6.07, 6.45) is 0. The molecule has 5 N–H and O–H groups in total. The van der Waals surface area contributed by atoms with Crippen LogP contribution in [0.3, 0.4) is 0 Å². The number of urea groups is 1. The topological polar surface area (TPSA) is 133 Å². The predicted octanol–water partition coefficient (Wildman–Crippen LogP) is -0.883. The monoisotopic (exact) mass is 265 g/mol. The first-order chi connectivity index (χ1) is 8.91. The van der Waals surface area contributed by atoms with Crippen molar-refractivity contribution in [3.63, 3.8) is 0 Å². The highest BCUT2D eigenvalue weighted by Crippen LogP contribution is 2.26. The van der Waals surface area contributed by atoms with Gasteiger partial charge in [-0.1, -0.05) is 0 Å². The Labute approximate surface area is 107 Å². The van der Waals surface area contributed by atoms with Gasteiger partial charge < -0.3 is 21.3 Å². The molecule has 8 nitrogen and oxygen atoms in total. The number of carbonyl (C=O) groups is 3. The number of nitrogens with one attached hydrogen (secondary N) is 1. The highest BCUT2D eigenvalue weighted by atomic mass is 16.3. The highest BCUT2D eigenvalue weighted by molar-refractivity contribution is 6.09. The van der Waals surface area contributed by atoms with E-state index >= 15 is 0 Å². The molecule has 1 atom stereocenters. The van der Waals surface area contributed by atoms with Gasteiger partial charge >= 0.3 is 6.03 Å². The number of phenolic OH excluding ortho intramolecular Hbond substituents is 2. The Bertz CT molecular complexity index is 571. The zero-order chi connectivity index (χ0) is 14.2. The second-order valence-corrected chi connectivity index (χ2v) is 3.98. The van der Waals surface area contributed by atoms with Crippen LogP contribution in [0.5, 0.6) is 11.5 Å². The molecule has 1 fully saturated rings. The van der Waals surface area contributed by atoms with Crippen molar-refractivity contribution < 1.29 is 24.6 Å². The summed E-state index contributed by atoms with van der Waals surface area (Å²) in [6.45, 7) is -0.0516. The SMILES string of the molecule is NC(=O)C1CNC(=O)N1C(=O)c1ccc(O)c(O)c1. The van der Waals surface area contributed by atoms with Crippen LogP contribution in [0, 0.1) is 0 Å². The lowest BCUT2D eigenvalue weighted by Gasteiger charge is -2.18. The summed E-state index contributed by atoms with van der Waals surface area (Å²) in [4.78, 5) is 35.5. The normalized spacial score (nSPS) is 18.2. The van der Waals surface area contributed by atoms with Crippen LogP contribution in [0.4, 0.5) is 4.79 Å². The number of hydrogen-bond acceptors (Lipinski definition) is 5. The molecule has 4 amide bonds. The van der Waals surface area contributed by atoms with Gasteiger partial charge in [0, 0.05) is 12.1 Å². The summed E-state index contributed by atoms with van der Waals surface area (Å²) in [6, 6.07) is 1.52. The maximum absolute atomic E-state index is 12.1. The van der Waals surface area contributed by atoms with Crippen LogP contribution in [-0.2, 0) is 4.79 Å². The quantitative estimate of drug-likeness (QED) is 0.515. The highest BCUT2D eigenvalue weighted by Gasteiger charge is 2.39. The Morgan fingerprint density at radius 1 is 1.32 bits per heavy atom. The van der Waals surface area contributed by atoms with Crippen LogP contribution >= 0.6 is 0 Å². The van der Waals surface area contributed by atoms with Crippen LogP contribution in [-0.4, -0.2) is 45.5 Å². The third-order valence-electron chi connectivity index (χ3n) is 2.75. The molecule has 1 saturated heterocycles. The fraction of sp³-hybridized carbons (Fsp3) is 0.182. The second kappa shape index (κ2) is 4.48. The Hall–Kier alpha value is -2.77. The van der Waals surface area contributed by atoms with E-state index in [-0.39, 0.29) is 12.1 Å². The number of primary amides is 1. The Kier molecular flexibility index (Phi) is 2.99. The third-order valence-corrected chi connectivity index (χ3v) is 2.75. The van der Waals surface area contributed by atoms with Crippen molar-refractivity contribution >= 4 is 17.8 Å². The van der Waals surface area contributed by atoms with E-state index in [4.69, 9.17) is 10.8 Å². The molecule has 1 aromatic rings. The van der Waals surface area contributed by atoms with E-state index in [0.29, 0.717) is 4.90 Å². The minimum absolute atomic E-state index is 0.0430. The summed E-state index contributed by atoms with van der Waals surface area (Å²) in [5, 5.41) is 20.8. The lowest BCUT2D eigenvalue weighted by atomic mass is 10.1. The molecule has 1 heterocycles. The molecule has 2 rings (SSSR count). The van der Waals surface area contributed by atoms with Gasteiger partial charge in [0.25, 0.3) is 5.91 Å². The van der Waals surface area contributed by atoms with Crippen LogP contribution in [0.15, 0.2) is 18.2 Å². The molecule has 19 heavy (non-hydrogen) atoms. The Morgan fingerprint density at radius 3 is 2.58 bits per heavy atom. The van der Waals surface area contributed by atoms with E-state index in [0.717, 1.165) is 12.1 Å². The largest absolute Gasteiger partial charge is 0.504 e. The van der Waals surface area contributed by atoms with Gasteiger partial charge in [-0.05, 0) is 18.2 Å². The smallest absolute Gasteiger partial charge is 0.325 e. The standard InChI is InChI=1S/C11H11N3O5/c12-9(17)6-4-13-11(19)14(6)10(18)5-1-2-7(15)8(16)3-5/h1-3,6,15-16H,4H2,(H2,12,17)(H,13,19). The lowest BCUT2D eigenvalue weighted by Crippen LogP contribution is -2.46. The first kappa shape index (κ1) is 12.7. The van der Waals surface area contributed by atoms with Gasteiger partial charge in [-0.15, -0.1) is 0 Å². The molecular formula is C11H11N3O5. The number of hydrogen-bond donors (Lipinski definition) is 4. The molecule has 0 aromatic heterocycles. The number of aromatic hydroxyl groups is 2. The van der Waals surface area contributed by atoms with Crippen LogP contribution < -0.4 is 11.1 Å². The predicted molar refractivity (Wildman–Crippen MR) is 62.3 cm³/mol. The van der Waals surface area contributed by atoms with Crippen molar-refractivity contribution in [2.45, 2.75) is 6.04 Å². The van der Waals surface area contributed by atoms with E-state index in [2.05, 4.69) is 5.32 Å². The molecule has 0 radical (unpaired) electrons. The molecule has 0 aliphatic carbocycles. The molecule has 0 bridgehead atoms. The van der Waals surface area contributed by atoms with Gasteiger partial charge in [0.15, 0.2) is 11.5 Å². The Morgan fingerprint density at radius 2 is 2.00 bits per heavy atom. The maximum atomic E-state index is 12.1. The van der Waals surface area contributed by atoms with Crippen molar-refractivity contribution in [3.8, 4) is 11.5 Å². The second-order valence-electron chi connectivity index (χ2n) is 3.98. The van der Waals surface area contributed by atoms with E-state index in [1.54, 1.807) is 0 Å². The minimum Gasteiger partial charge on any atom is -0.504 e. The lowest BCUT2D eigenvalue weighted by molar-refractivity contribution is -0.120. The van der Waals surface area contributed by atoms with Crippen molar-refractivity contribution in [2.75, 3.05) is 6.54 Å². The fourth-order valence-electron chi connectivity index (χ4n) is 1.76. The zero-order valence-corrected chi connectivity index (χ0v) is 9.66. The molecular weight excluding hydrogens is 254 g/mol. The summed E-state index contributed by atoms with van der Waals surface area (Å²) in [5.41, 5.74) is 5.06. The molecule has 8 heteroatoms. The number of nitrogens with zero attached hydrogens (tertiary/aromatic N) is 1. The van der Waals surface area contributed by atoms with Crippen molar-refractivity contribution in [1.82, 2.24) is 10.2 Å². The van der Waals surface area contributed by atoms with Gasteiger partial charge in [-0.2, -0.15) is 0 Å². The summed E-state index contributed by atoms with van der Waals surface area (Å²) >= 11 is 0. The molecule has 1 aromatic carbocycles. The number of amides is 4. The third kappa shape index (κ3) is 2.15. The van der Waals surface area contributed by atoms with Gasteiger partial charge in [0.2, 0.25) is 5.91 Å². The number of benzene rings is 1. The van der Waals surface area contributed by atoms with Crippen molar-refractivity contribution in [1.29, 1.82) is 0 Å². The van der Waals surface area contributed by atoms with Gasteiger partial charge in [-0.25, -0.2) is 9.69 Å². The molecule has 100 valence electrons. The summed E-state index contributed by atoms with van der Waals surface area (Å²) in [5.74, 6) is -2.49. The van der Waals surface area contributed by atoms with Crippen LogP contribution in [0.1, 0.15) is 10.4 Å². The van der Waals surface area contributed by atoms with Gasteiger partial charge in [-0.3, -0.25) is 9.59 Å². The van der Waals surface area contributed by atoms with E-state index in [9.17, 15) is 19.5 Å². The summed E-state index contributed by atoms with van der Waals surface area (Å²) in [7, 11) is 0. The number of carbonyl (C=O) groups excluding carboxylic acids is 3. The van der Waals surface area contributed by atoms with Crippen molar-refractivity contribution in [3.05, 3.63) is 23.8 Å². The average Bonchev–Trinajstić information content (AvgIpc) is 2.74. The number of nitrogens with two attached hydrogens (primary N) is 1. The molecule has 0 spiro atoms. The molecule has 1 aliphatic heterocycles. The van der Waals surface area contributed by atoms with E-state index in [1.807, 2.05) is 0 Å². The average molecular weight is 265 g/mol. The molecule has 0 saturated carbocycles. The number of rotatable bonds is 2.